The van der Waals surface area contributed by atoms with Gasteiger partial charge in [0.15, 0.2) is 11.9 Å². The van der Waals surface area contributed by atoms with Crippen molar-refractivity contribution in [2.24, 2.45) is 0 Å². The number of cyclic esters (lactones) is 1. The lowest BCUT2D eigenvalue weighted by Crippen LogP contribution is -2.08. The van der Waals surface area contributed by atoms with Crippen LogP contribution in [0.15, 0.2) is 30.3 Å². The average molecular weight is 230 g/mol. The van der Waals surface area contributed by atoms with E-state index in [0.717, 1.165) is 6.42 Å². The summed E-state index contributed by atoms with van der Waals surface area (Å²) in [5.74, 6) is -0.516. The van der Waals surface area contributed by atoms with Crippen molar-refractivity contribution in [3.05, 3.63) is 41.5 Å². The van der Waals surface area contributed by atoms with Crippen LogP contribution in [0, 0.1) is 0 Å². The third-order valence-electron chi connectivity index (χ3n) is 2.77. The van der Waals surface area contributed by atoms with Gasteiger partial charge < -0.3 is 4.74 Å². The van der Waals surface area contributed by atoms with Gasteiger partial charge in [0.05, 0.1) is 0 Å². The fourth-order valence-electron chi connectivity index (χ4n) is 1.79. The van der Waals surface area contributed by atoms with Gasteiger partial charge in [0.25, 0.3) is 0 Å². The standard InChI is InChI=1S/C9H8.C5H6O3/c1-2-5-9-7-3-6-8(9)4-1;1-3-4(6)2-5(7)8-3/h1-6H,7H2;3H,2H2,1H3. The molecular formula is C14H14O3. The summed E-state index contributed by atoms with van der Waals surface area (Å²) in [7, 11) is 0. The molecule has 0 radical (unpaired) electrons. The Labute approximate surface area is 100 Å². The molecule has 3 heteroatoms. The second-order valence-corrected chi connectivity index (χ2v) is 4.08. The summed E-state index contributed by atoms with van der Waals surface area (Å²) in [6.45, 7) is 1.58. The van der Waals surface area contributed by atoms with Crippen LogP contribution in [0.4, 0.5) is 0 Å². The summed E-state index contributed by atoms with van der Waals surface area (Å²) in [6.07, 6.45) is 4.96. The minimum atomic E-state index is -0.498. The smallest absolute Gasteiger partial charge is 0.314 e. The Balaban J connectivity index is 0.000000128. The molecule has 0 saturated carbocycles. The summed E-state index contributed by atoms with van der Waals surface area (Å²) < 4.78 is 4.48. The maximum atomic E-state index is 10.4. The average Bonchev–Trinajstić information content (AvgIpc) is 2.87. The normalized spacial score (nSPS) is 20.6. The summed E-state index contributed by atoms with van der Waals surface area (Å²) in [4.78, 5) is 20.7. The minimum absolute atomic E-state index is 0.0405. The molecule has 2 aliphatic rings. The van der Waals surface area contributed by atoms with Gasteiger partial charge in [0.1, 0.15) is 6.42 Å². The maximum Gasteiger partial charge on any atom is 0.314 e. The molecule has 1 unspecified atom stereocenters. The van der Waals surface area contributed by atoms with E-state index in [1.54, 1.807) is 6.92 Å². The highest BCUT2D eigenvalue weighted by Crippen LogP contribution is 2.17. The first-order valence-electron chi connectivity index (χ1n) is 5.63. The van der Waals surface area contributed by atoms with Crippen molar-refractivity contribution in [1.82, 2.24) is 0 Å². The van der Waals surface area contributed by atoms with Crippen molar-refractivity contribution < 1.29 is 14.3 Å². The zero-order valence-corrected chi connectivity index (χ0v) is 9.68. The molecular weight excluding hydrogens is 216 g/mol. The van der Waals surface area contributed by atoms with Crippen molar-refractivity contribution >= 4 is 17.8 Å². The molecule has 1 aliphatic carbocycles. The molecule has 1 heterocycles. The van der Waals surface area contributed by atoms with Crippen LogP contribution < -0.4 is 0 Å². The number of carbonyl (C=O) groups is 2. The van der Waals surface area contributed by atoms with Gasteiger partial charge in [-0.05, 0) is 24.5 Å². The molecule has 1 saturated heterocycles. The van der Waals surface area contributed by atoms with Crippen LogP contribution in [0.3, 0.4) is 0 Å². The van der Waals surface area contributed by atoms with Crippen molar-refractivity contribution in [3.63, 3.8) is 0 Å². The van der Waals surface area contributed by atoms with E-state index in [1.807, 2.05) is 0 Å². The minimum Gasteiger partial charge on any atom is -0.454 e. The largest absolute Gasteiger partial charge is 0.454 e. The number of allylic oxidation sites excluding steroid dienone is 1. The first kappa shape index (κ1) is 11.6. The number of esters is 1. The Bertz CT molecular complexity index is 474. The molecule has 3 rings (SSSR count). The summed E-state index contributed by atoms with van der Waals surface area (Å²) in [6, 6.07) is 8.49. The number of ether oxygens (including phenoxy) is 1. The molecule has 17 heavy (non-hydrogen) atoms. The predicted octanol–water partition coefficient (Wildman–Crippen LogP) is 2.15. The molecule has 88 valence electrons. The second-order valence-electron chi connectivity index (χ2n) is 4.08. The third kappa shape index (κ3) is 2.81. The molecule has 1 fully saturated rings. The van der Waals surface area contributed by atoms with Gasteiger partial charge in [-0.2, -0.15) is 0 Å². The van der Waals surface area contributed by atoms with Gasteiger partial charge in [-0.15, -0.1) is 0 Å². The highest BCUT2D eigenvalue weighted by molar-refractivity contribution is 6.03. The Morgan fingerprint density at radius 1 is 1.24 bits per heavy atom. The van der Waals surface area contributed by atoms with Crippen LogP contribution in [-0.2, 0) is 20.7 Å². The van der Waals surface area contributed by atoms with Gasteiger partial charge in [-0.1, -0.05) is 36.4 Å². The van der Waals surface area contributed by atoms with Gasteiger partial charge in [-0.3, -0.25) is 9.59 Å². The van der Waals surface area contributed by atoms with Crippen LogP contribution in [0.25, 0.3) is 6.08 Å². The monoisotopic (exact) mass is 230 g/mol. The molecule has 1 aromatic rings. The number of fused-ring (bicyclic) bond motifs is 1. The van der Waals surface area contributed by atoms with Crippen LogP contribution in [-0.4, -0.2) is 17.9 Å². The van der Waals surface area contributed by atoms with E-state index < -0.39 is 12.1 Å². The number of Topliss-reactive ketones (excluding diaryl/α,β-unsaturated/α-hetero) is 1. The summed E-state index contributed by atoms with van der Waals surface area (Å²) >= 11 is 0. The maximum absolute atomic E-state index is 10.4. The van der Waals surface area contributed by atoms with Crippen LogP contribution in [0.1, 0.15) is 24.5 Å². The van der Waals surface area contributed by atoms with Crippen molar-refractivity contribution in [2.45, 2.75) is 25.9 Å². The first-order chi connectivity index (χ1) is 8.16. The SMILES string of the molecule is C1=Cc2ccccc2C1.CC1OC(=O)CC1=O. The van der Waals surface area contributed by atoms with Gasteiger partial charge in [0.2, 0.25) is 0 Å². The predicted molar refractivity (Wildman–Crippen MR) is 64.4 cm³/mol. The van der Waals surface area contributed by atoms with E-state index in [9.17, 15) is 9.59 Å². The summed E-state index contributed by atoms with van der Waals surface area (Å²) in [5.41, 5.74) is 2.84. The summed E-state index contributed by atoms with van der Waals surface area (Å²) in [5, 5.41) is 0. The molecule has 0 N–H and O–H groups in total. The molecule has 1 atom stereocenters. The van der Waals surface area contributed by atoms with Gasteiger partial charge in [-0.25, -0.2) is 0 Å². The quantitative estimate of drug-likeness (QED) is 0.506. The highest BCUT2D eigenvalue weighted by atomic mass is 16.6. The van der Waals surface area contributed by atoms with E-state index in [0.29, 0.717) is 0 Å². The molecule has 3 nitrogen and oxygen atoms in total. The van der Waals surface area contributed by atoms with Crippen LogP contribution >= 0.6 is 0 Å². The zero-order valence-electron chi connectivity index (χ0n) is 9.68. The number of benzene rings is 1. The van der Waals surface area contributed by atoms with E-state index in [2.05, 4.69) is 41.2 Å². The number of rotatable bonds is 0. The van der Waals surface area contributed by atoms with E-state index in [-0.39, 0.29) is 12.2 Å². The van der Waals surface area contributed by atoms with E-state index >= 15 is 0 Å². The lowest BCUT2D eigenvalue weighted by Gasteiger charge is -1.94. The van der Waals surface area contributed by atoms with Crippen LogP contribution in [0.5, 0.6) is 0 Å². The highest BCUT2D eigenvalue weighted by Gasteiger charge is 2.27. The fourth-order valence-corrected chi connectivity index (χ4v) is 1.79. The van der Waals surface area contributed by atoms with E-state index in [4.69, 9.17) is 0 Å². The Kier molecular flexibility index (Phi) is 3.38. The molecule has 1 aromatic carbocycles. The Morgan fingerprint density at radius 3 is 2.53 bits per heavy atom. The Morgan fingerprint density at radius 2 is 2.00 bits per heavy atom. The van der Waals surface area contributed by atoms with Crippen LogP contribution in [0.2, 0.25) is 0 Å². The molecule has 0 aromatic heterocycles. The first-order valence-corrected chi connectivity index (χ1v) is 5.63. The number of hydrogen-bond acceptors (Lipinski definition) is 3. The van der Waals surface area contributed by atoms with Gasteiger partial charge in [0, 0.05) is 0 Å². The molecule has 0 spiro atoms. The number of hydrogen-bond donors (Lipinski definition) is 0. The Hall–Kier alpha value is -1.90. The molecule has 1 aliphatic heterocycles. The topological polar surface area (TPSA) is 43.4 Å². The van der Waals surface area contributed by atoms with Crippen molar-refractivity contribution in [2.75, 3.05) is 0 Å². The van der Waals surface area contributed by atoms with Gasteiger partial charge >= 0.3 is 5.97 Å². The fraction of sp³-hybridized carbons (Fsp3) is 0.286. The van der Waals surface area contributed by atoms with Crippen molar-refractivity contribution in [1.29, 1.82) is 0 Å². The lowest BCUT2D eigenvalue weighted by molar-refractivity contribution is -0.141. The van der Waals surface area contributed by atoms with Crippen molar-refractivity contribution in [3.8, 4) is 0 Å². The molecule has 0 amide bonds. The third-order valence-corrected chi connectivity index (χ3v) is 2.77. The van der Waals surface area contributed by atoms with E-state index in [1.165, 1.54) is 11.1 Å². The lowest BCUT2D eigenvalue weighted by atomic mass is 10.1. The zero-order chi connectivity index (χ0) is 12.3. The number of carbonyl (C=O) groups excluding carboxylic acids is 2. The second kappa shape index (κ2) is 4.95. The molecule has 0 bridgehead atoms. The number of ketones is 1.